The van der Waals surface area contributed by atoms with Crippen LogP contribution in [0, 0.1) is 34.6 Å². The third-order valence-electron chi connectivity index (χ3n) is 2.40. The van der Waals surface area contributed by atoms with E-state index in [1.165, 1.54) is 16.7 Å². The average molecular weight is 148 g/mol. The van der Waals surface area contributed by atoms with Gasteiger partial charge in [-0.2, -0.15) is 0 Å². The fraction of sp³-hybridized carbons (Fsp3) is 0.400. The molecular formula is C10H14N. The lowest BCUT2D eigenvalue weighted by Crippen LogP contribution is -1.98. The topological polar surface area (TPSA) is 12.9 Å². The first-order chi connectivity index (χ1) is 5.04. The van der Waals surface area contributed by atoms with Crippen molar-refractivity contribution in [3.8, 4) is 0 Å². The predicted octanol–water partition coefficient (Wildman–Crippen LogP) is 2.50. The molecule has 11 heavy (non-hydrogen) atoms. The normalized spacial score (nSPS) is 10.3. The summed E-state index contributed by atoms with van der Waals surface area (Å²) in [5.74, 6) is 0. The summed E-state index contributed by atoms with van der Waals surface area (Å²) in [6, 6.07) is 0. The lowest BCUT2D eigenvalue weighted by molar-refractivity contribution is 1.06. The fourth-order valence-corrected chi connectivity index (χ4v) is 1.14. The molecule has 0 unspecified atom stereocenters. The Hall–Kier alpha value is -0.850. The Labute approximate surface area is 68.5 Å². The van der Waals surface area contributed by atoms with E-state index in [1.807, 2.05) is 6.92 Å². The molecule has 0 atom stereocenters. The molecule has 1 rings (SSSR count). The number of pyridine rings is 1. The van der Waals surface area contributed by atoms with Crippen LogP contribution in [0.25, 0.3) is 0 Å². The molecule has 0 aromatic carbocycles. The highest BCUT2D eigenvalue weighted by Crippen LogP contribution is 2.16. The van der Waals surface area contributed by atoms with Gasteiger partial charge in [0.2, 0.25) is 0 Å². The van der Waals surface area contributed by atoms with Gasteiger partial charge in [-0.15, -0.1) is 0 Å². The summed E-state index contributed by atoms with van der Waals surface area (Å²) >= 11 is 0. The highest BCUT2D eigenvalue weighted by Gasteiger charge is 2.03. The minimum atomic E-state index is 0.908. The first-order valence-electron chi connectivity index (χ1n) is 3.80. The summed E-state index contributed by atoms with van der Waals surface area (Å²) in [6.45, 7) is 12.2. The van der Waals surface area contributed by atoms with Crippen LogP contribution in [-0.4, -0.2) is 4.98 Å². The third-order valence-corrected chi connectivity index (χ3v) is 2.40. The van der Waals surface area contributed by atoms with Gasteiger partial charge in [0, 0.05) is 11.4 Å². The van der Waals surface area contributed by atoms with Gasteiger partial charge in [-0.1, -0.05) is 0 Å². The van der Waals surface area contributed by atoms with E-state index in [2.05, 4.69) is 32.7 Å². The molecule has 59 valence electrons. The van der Waals surface area contributed by atoms with Gasteiger partial charge in [-0.3, -0.25) is 4.98 Å². The summed E-state index contributed by atoms with van der Waals surface area (Å²) in [4.78, 5) is 4.32. The van der Waals surface area contributed by atoms with E-state index in [-0.39, 0.29) is 0 Å². The molecule has 1 radical (unpaired) electrons. The van der Waals surface area contributed by atoms with Gasteiger partial charge in [0.05, 0.1) is 0 Å². The van der Waals surface area contributed by atoms with Crippen molar-refractivity contribution >= 4 is 0 Å². The van der Waals surface area contributed by atoms with Gasteiger partial charge in [0.1, 0.15) is 0 Å². The first-order valence-corrected chi connectivity index (χ1v) is 3.80. The molecular weight excluding hydrogens is 134 g/mol. The van der Waals surface area contributed by atoms with Crippen LogP contribution >= 0.6 is 0 Å². The Morgan fingerprint density at radius 2 is 1.45 bits per heavy atom. The van der Waals surface area contributed by atoms with E-state index in [0.29, 0.717) is 0 Å². The van der Waals surface area contributed by atoms with Crippen molar-refractivity contribution in [2.24, 2.45) is 0 Å². The number of rotatable bonds is 0. The summed E-state index contributed by atoms with van der Waals surface area (Å²) in [7, 11) is 0. The Kier molecular flexibility index (Phi) is 1.99. The van der Waals surface area contributed by atoms with Crippen molar-refractivity contribution < 1.29 is 0 Å². The van der Waals surface area contributed by atoms with Gasteiger partial charge in [0.25, 0.3) is 0 Å². The summed E-state index contributed by atoms with van der Waals surface area (Å²) in [5, 5.41) is 0. The molecule has 1 heteroatoms. The molecule has 1 heterocycles. The van der Waals surface area contributed by atoms with E-state index in [4.69, 9.17) is 0 Å². The lowest BCUT2D eigenvalue weighted by Gasteiger charge is -2.09. The lowest BCUT2D eigenvalue weighted by atomic mass is 10.0. The largest absolute Gasteiger partial charge is 0.258 e. The molecule has 0 amide bonds. The molecule has 0 saturated carbocycles. The fourth-order valence-electron chi connectivity index (χ4n) is 1.14. The molecule has 0 saturated heterocycles. The van der Waals surface area contributed by atoms with Crippen molar-refractivity contribution in [2.75, 3.05) is 0 Å². The number of hydrogen-bond donors (Lipinski definition) is 0. The summed E-state index contributed by atoms with van der Waals surface area (Å²) < 4.78 is 0. The van der Waals surface area contributed by atoms with Crippen molar-refractivity contribution in [2.45, 2.75) is 27.7 Å². The Bertz CT molecular complexity index is 261. The number of hydrogen-bond acceptors (Lipinski definition) is 1. The second kappa shape index (κ2) is 2.65. The van der Waals surface area contributed by atoms with Gasteiger partial charge in [-0.05, 0) is 51.3 Å². The van der Waals surface area contributed by atoms with Crippen LogP contribution in [-0.2, 0) is 0 Å². The van der Waals surface area contributed by atoms with E-state index in [0.717, 1.165) is 11.4 Å². The van der Waals surface area contributed by atoms with Gasteiger partial charge in [-0.25, -0.2) is 0 Å². The van der Waals surface area contributed by atoms with E-state index in [1.54, 1.807) is 0 Å². The second-order valence-electron chi connectivity index (χ2n) is 3.02. The molecule has 1 aromatic rings. The van der Waals surface area contributed by atoms with Crippen LogP contribution in [0.1, 0.15) is 28.1 Å². The summed E-state index contributed by atoms with van der Waals surface area (Å²) in [5.41, 5.74) is 5.83. The highest BCUT2D eigenvalue weighted by molar-refractivity contribution is 5.38. The molecule has 1 nitrogen and oxygen atoms in total. The molecule has 0 aliphatic rings. The maximum atomic E-state index is 4.32. The van der Waals surface area contributed by atoms with Crippen LogP contribution < -0.4 is 0 Å². The van der Waals surface area contributed by atoms with E-state index in [9.17, 15) is 0 Å². The maximum absolute atomic E-state index is 4.32. The highest BCUT2D eigenvalue weighted by atomic mass is 14.7. The third kappa shape index (κ3) is 1.28. The van der Waals surface area contributed by atoms with Crippen LogP contribution in [0.2, 0.25) is 0 Å². The van der Waals surface area contributed by atoms with Crippen LogP contribution in [0.3, 0.4) is 0 Å². The molecule has 0 bridgehead atoms. The van der Waals surface area contributed by atoms with Gasteiger partial charge >= 0.3 is 0 Å². The van der Waals surface area contributed by atoms with Crippen LogP contribution in [0.5, 0.6) is 0 Å². The Balaban J connectivity index is 3.46. The Morgan fingerprint density at radius 1 is 0.909 bits per heavy atom. The second-order valence-corrected chi connectivity index (χ2v) is 3.02. The monoisotopic (exact) mass is 148 g/mol. The average Bonchev–Trinajstić information content (AvgIpc) is 1.97. The Morgan fingerprint density at radius 3 is 2.00 bits per heavy atom. The minimum absolute atomic E-state index is 0.908. The zero-order chi connectivity index (χ0) is 8.59. The standard InChI is InChI=1S/C10H14N/c1-6-7(2)9(4)11-10(5)8(6)3/h4H2,1-3,5H3. The molecule has 0 aliphatic carbocycles. The predicted molar refractivity (Wildman–Crippen MR) is 47.6 cm³/mol. The summed E-state index contributed by atoms with van der Waals surface area (Å²) in [6.07, 6.45) is 0. The smallest absolute Gasteiger partial charge is 0.0442 e. The van der Waals surface area contributed by atoms with Crippen molar-refractivity contribution in [3.05, 3.63) is 35.0 Å². The molecule has 0 spiro atoms. The zero-order valence-electron chi connectivity index (χ0n) is 7.65. The number of aryl methyl sites for hydroxylation is 1. The van der Waals surface area contributed by atoms with Crippen LogP contribution in [0.15, 0.2) is 0 Å². The van der Waals surface area contributed by atoms with E-state index < -0.39 is 0 Å². The van der Waals surface area contributed by atoms with Crippen molar-refractivity contribution in [3.63, 3.8) is 0 Å². The molecule has 1 aromatic heterocycles. The van der Waals surface area contributed by atoms with Crippen molar-refractivity contribution in [1.29, 1.82) is 0 Å². The van der Waals surface area contributed by atoms with Crippen LogP contribution in [0.4, 0.5) is 0 Å². The molecule has 0 N–H and O–H groups in total. The molecule has 0 aliphatic heterocycles. The molecule has 0 fully saturated rings. The zero-order valence-corrected chi connectivity index (χ0v) is 7.65. The van der Waals surface area contributed by atoms with Gasteiger partial charge < -0.3 is 0 Å². The quantitative estimate of drug-likeness (QED) is 0.551. The number of aromatic nitrogens is 1. The van der Waals surface area contributed by atoms with E-state index >= 15 is 0 Å². The van der Waals surface area contributed by atoms with Gasteiger partial charge in [0.15, 0.2) is 0 Å². The minimum Gasteiger partial charge on any atom is -0.258 e. The SMILES string of the molecule is [CH2]c1nc(C)c(C)c(C)c1C. The maximum Gasteiger partial charge on any atom is 0.0442 e. The number of nitrogens with zero attached hydrogens (tertiary/aromatic N) is 1. The first kappa shape index (κ1) is 8.25. The van der Waals surface area contributed by atoms with Crippen molar-refractivity contribution in [1.82, 2.24) is 4.98 Å².